The second-order valence-corrected chi connectivity index (χ2v) is 5.88. The molecule has 0 aliphatic heterocycles. The minimum atomic E-state index is -4.35. The van der Waals surface area contributed by atoms with Gasteiger partial charge in [-0.15, -0.1) is 0 Å². The molecular weight excluding hydrogens is 310 g/mol. The number of benzene rings is 2. The molecule has 0 aliphatic rings. The minimum absolute atomic E-state index is 0.165. The van der Waals surface area contributed by atoms with Gasteiger partial charge in [0.2, 0.25) is 0 Å². The van der Waals surface area contributed by atoms with Crippen molar-refractivity contribution in [2.75, 3.05) is 0 Å². The quantitative estimate of drug-likeness (QED) is 0.487. The monoisotopic (exact) mass is 321 g/mol. The molecule has 0 heterocycles. The van der Waals surface area contributed by atoms with Crippen molar-refractivity contribution in [3.63, 3.8) is 0 Å². The molecule has 0 saturated carbocycles. The summed E-state index contributed by atoms with van der Waals surface area (Å²) in [6.07, 6.45) is 0. The number of carbonyl (C=O) groups is 1. The molecule has 0 atom stereocenters. The molecule has 0 spiro atoms. The van der Waals surface area contributed by atoms with Crippen molar-refractivity contribution in [2.45, 2.75) is 11.8 Å². The summed E-state index contributed by atoms with van der Waals surface area (Å²) in [6, 6.07) is 10.9. The van der Waals surface area contributed by atoms with Gasteiger partial charge in [-0.1, -0.05) is 30.3 Å². The van der Waals surface area contributed by atoms with Gasteiger partial charge in [0.05, 0.1) is 4.92 Å². The second kappa shape index (κ2) is 5.94. The summed E-state index contributed by atoms with van der Waals surface area (Å²) in [5.74, 6) is -1.30. The van der Waals surface area contributed by atoms with E-state index >= 15 is 0 Å². The van der Waals surface area contributed by atoms with Crippen LogP contribution >= 0.6 is 0 Å². The Hall–Kier alpha value is -2.74. The number of nitro benzene ring substituents is 1. The van der Waals surface area contributed by atoms with Crippen LogP contribution in [0.5, 0.6) is 0 Å². The van der Waals surface area contributed by atoms with Crippen LogP contribution in [0.15, 0.2) is 53.4 Å². The number of nitrogens with zero attached hydrogens (tertiary/aromatic N) is 1. The van der Waals surface area contributed by atoms with Crippen LogP contribution in [0.25, 0.3) is 0 Å². The lowest BCUT2D eigenvalue weighted by atomic mass is 10.2. The number of rotatable bonds is 4. The number of aryl methyl sites for hydroxylation is 1. The maximum Gasteiger partial charge on any atom is 0.361 e. The number of carbonyl (C=O) groups excluding carboxylic acids is 1. The van der Waals surface area contributed by atoms with Crippen molar-refractivity contribution in [3.05, 3.63) is 69.8 Å². The average molecular weight is 321 g/mol. The van der Waals surface area contributed by atoms with E-state index in [1.807, 2.05) is 0 Å². The van der Waals surface area contributed by atoms with E-state index in [2.05, 4.69) is 4.18 Å². The third-order valence-electron chi connectivity index (χ3n) is 2.87. The summed E-state index contributed by atoms with van der Waals surface area (Å²) in [7, 11) is -4.35. The van der Waals surface area contributed by atoms with Crippen LogP contribution in [0.1, 0.15) is 15.9 Å². The fourth-order valence-electron chi connectivity index (χ4n) is 1.83. The van der Waals surface area contributed by atoms with Crippen LogP contribution in [0.3, 0.4) is 0 Å². The summed E-state index contributed by atoms with van der Waals surface area (Å²) in [5, 5.41) is 10.9. The lowest BCUT2D eigenvalue weighted by molar-refractivity contribution is -0.385. The maximum atomic E-state index is 12.1. The van der Waals surface area contributed by atoms with E-state index in [1.54, 1.807) is 19.1 Å². The zero-order chi connectivity index (χ0) is 16.3. The van der Waals surface area contributed by atoms with E-state index in [4.69, 9.17) is 0 Å². The van der Waals surface area contributed by atoms with Crippen LogP contribution < -0.4 is 0 Å². The molecule has 114 valence electrons. The average Bonchev–Trinajstić information content (AvgIpc) is 2.47. The third-order valence-corrected chi connectivity index (χ3v) is 4.24. The van der Waals surface area contributed by atoms with E-state index in [1.165, 1.54) is 24.3 Å². The molecule has 8 heteroatoms. The number of nitro groups is 1. The standard InChI is InChI=1S/C14H11NO6S/c1-10-6-2-5-9-13(10)22(19,20)21-14(16)11-7-3-4-8-12(11)15(17)18/h2-9H,1H3. The first-order valence-corrected chi connectivity index (χ1v) is 7.51. The number of hydrogen-bond acceptors (Lipinski definition) is 6. The molecule has 0 saturated heterocycles. The van der Waals surface area contributed by atoms with Gasteiger partial charge in [-0.25, -0.2) is 4.79 Å². The summed E-state index contributed by atoms with van der Waals surface area (Å²) < 4.78 is 28.7. The first kappa shape index (κ1) is 15.6. The highest BCUT2D eigenvalue weighted by molar-refractivity contribution is 7.87. The number of para-hydroxylation sites is 1. The van der Waals surface area contributed by atoms with Crippen LogP contribution in [0.2, 0.25) is 0 Å². The molecule has 0 N–H and O–H groups in total. The summed E-state index contributed by atoms with van der Waals surface area (Å²) >= 11 is 0. The van der Waals surface area contributed by atoms with Crippen LogP contribution in [0.4, 0.5) is 5.69 Å². The zero-order valence-electron chi connectivity index (χ0n) is 11.4. The van der Waals surface area contributed by atoms with Gasteiger partial charge >= 0.3 is 16.1 Å². The molecule has 0 aliphatic carbocycles. The molecule has 7 nitrogen and oxygen atoms in total. The molecule has 22 heavy (non-hydrogen) atoms. The highest BCUT2D eigenvalue weighted by Crippen LogP contribution is 2.22. The van der Waals surface area contributed by atoms with Crippen LogP contribution in [-0.2, 0) is 14.3 Å². The Morgan fingerprint density at radius 3 is 2.32 bits per heavy atom. The maximum absolute atomic E-state index is 12.1. The fraction of sp³-hybridized carbons (Fsp3) is 0.0714. The SMILES string of the molecule is Cc1ccccc1S(=O)(=O)OC(=O)c1ccccc1[N+](=O)[O-]. The molecule has 2 aromatic rings. The van der Waals surface area contributed by atoms with E-state index in [-0.39, 0.29) is 4.90 Å². The first-order valence-electron chi connectivity index (χ1n) is 6.11. The smallest absolute Gasteiger partial charge is 0.337 e. The van der Waals surface area contributed by atoms with Crippen molar-refractivity contribution in [3.8, 4) is 0 Å². The molecule has 0 fully saturated rings. The second-order valence-electron chi connectivity index (χ2n) is 4.36. The lowest BCUT2D eigenvalue weighted by Gasteiger charge is -2.08. The van der Waals surface area contributed by atoms with Gasteiger partial charge in [0, 0.05) is 6.07 Å². The van der Waals surface area contributed by atoms with Gasteiger partial charge in [0.25, 0.3) is 5.69 Å². The minimum Gasteiger partial charge on any atom is -0.337 e. The van der Waals surface area contributed by atoms with Crippen LogP contribution in [0, 0.1) is 17.0 Å². The molecule has 2 rings (SSSR count). The highest BCUT2D eigenvalue weighted by atomic mass is 32.2. The van der Waals surface area contributed by atoms with Gasteiger partial charge in [0.15, 0.2) is 0 Å². The summed E-state index contributed by atoms with van der Waals surface area (Å²) in [5.41, 5.74) is -0.546. The largest absolute Gasteiger partial charge is 0.361 e. The first-order chi connectivity index (χ1) is 10.3. The van der Waals surface area contributed by atoms with Gasteiger partial charge < -0.3 is 4.18 Å². The molecular formula is C14H11NO6S. The molecule has 0 unspecified atom stereocenters. The van der Waals surface area contributed by atoms with Gasteiger partial charge in [0.1, 0.15) is 10.5 Å². The lowest BCUT2D eigenvalue weighted by Crippen LogP contribution is -2.15. The van der Waals surface area contributed by atoms with E-state index in [9.17, 15) is 23.3 Å². The molecule has 0 amide bonds. The molecule has 0 radical (unpaired) electrons. The summed E-state index contributed by atoms with van der Waals surface area (Å²) in [6.45, 7) is 1.55. The van der Waals surface area contributed by atoms with E-state index in [0.29, 0.717) is 5.56 Å². The Labute approximate surface area is 126 Å². The Morgan fingerprint density at radius 2 is 1.68 bits per heavy atom. The Balaban J connectivity index is 2.37. The number of hydrogen-bond donors (Lipinski definition) is 0. The third kappa shape index (κ3) is 3.12. The predicted molar refractivity (Wildman–Crippen MR) is 76.9 cm³/mol. The van der Waals surface area contributed by atoms with E-state index < -0.39 is 32.3 Å². The van der Waals surface area contributed by atoms with Crippen molar-refractivity contribution in [1.82, 2.24) is 0 Å². The van der Waals surface area contributed by atoms with Gasteiger partial charge in [-0.2, -0.15) is 8.42 Å². The Bertz CT molecular complexity index is 844. The summed E-state index contributed by atoms with van der Waals surface area (Å²) in [4.78, 5) is 21.9. The van der Waals surface area contributed by atoms with Crippen molar-refractivity contribution >= 4 is 21.8 Å². The topological polar surface area (TPSA) is 104 Å². The molecule has 0 aromatic heterocycles. The van der Waals surface area contributed by atoms with Gasteiger partial charge in [-0.05, 0) is 24.6 Å². The van der Waals surface area contributed by atoms with Crippen LogP contribution in [-0.4, -0.2) is 19.3 Å². The zero-order valence-corrected chi connectivity index (χ0v) is 12.2. The van der Waals surface area contributed by atoms with Crippen molar-refractivity contribution in [1.29, 1.82) is 0 Å². The Morgan fingerprint density at radius 1 is 1.09 bits per heavy atom. The van der Waals surface area contributed by atoms with Gasteiger partial charge in [-0.3, -0.25) is 10.1 Å². The predicted octanol–water partition coefficient (Wildman–Crippen LogP) is 2.45. The molecule has 2 aromatic carbocycles. The van der Waals surface area contributed by atoms with Crippen molar-refractivity contribution in [2.24, 2.45) is 0 Å². The normalized spacial score (nSPS) is 11.0. The Kier molecular flexibility index (Phi) is 4.22. The van der Waals surface area contributed by atoms with E-state index in [0.717, 1.165) is 12.1 Å². The molecule has 0 bridgehead atoms. The highest BCUT2D eigenvalue weighted by Gasteiger charge is 2.27. The van der Waals surface area contributed by atoms with Crippen molar-refractivity contribution < 1.29 is 22.3 Å². The fourth-order valence-corrected chi connectivity index (χ4v) is 2.92.